The molecule has 2 aliphatic rings. The predicted octanol–water partition coefficient (Wildman–Crippen LogP) is 9.83. The molecule has 0 saturated heterocycles. The summed E-state index contributed by atoms with van der Waals surface area (Å²) in [6.45, 7) is 16.4. The van der Waals surface area contributed by atoms with E-state index >= 15 is 0 Å². The molecule has 0 spiro atoms. The van der Waals surface area contributed by atoms with Gasteiger partial charge < -0.3 is 0 Å². The Labute approximate surface area is 239 Å². The summed E-state index contributed by atoms with van der Waals surface area (Å²) >= 11 is -3.41. The van der Waals surface area contributed by atoms with Crippen molar-refractivity contribution in [1.29, 1.82) is 0 Å². The smallest absolute Gasteiger partial charge is 0.147 e. The molecule has 0 saturated carbocycles. The Hall–Kier alpha value is -1.18. The number of halogens is 2. The van der Waals surface area contributed by atoms with Crippen LogP contribution in [0.25, 0.3) is 22.8 Å². The van der Waals surface area contributed by atoms with Crippen molar-refractivity contribution < 1.29 is 17.4 Å². The average Bonchev–Trinajstić information content (AvgIpc) is 3.27. The van der Waals surface area contributed by atoms with Gasteiger partial charge in [0, 0.05) is 0 Å². The Bertz CT molecular complexity index is 1480. The summed E-state index contributed by atoms with van der Waals surface area (Å²) in [6, 6.07) is 25.5. The molecule has 0 fully saturated rings. The molecular formula is C33H42Cl2SiZr. The van der Waals surface area contributed by atoms with E-state index in [0.29, 0.717) is 7.25 Å². The summed E-state index contributed by atoms with van der Waals surface area (Å²) < 4.78 is 6.62. The van der Waals surface area contributed by atoms with Gasteiger partial charge in [-0.25, -0.2) is 0 Å². The van der Waals surface area contributed by atoms with Gasteiger partial charge in [0.1, 0.15) is 0 Å². The molecule has 2 aliphatic carbocycles. The van der Waals surface area contributed by atoms with Crippen LogP contribution in [0.2, 0.25) is 9.26 Å². The topological polar surface area (TPSA) is 0 Å². The van der Waals surface area contributed by atoms with E-state index in [1.807, 2.05) is 0 Å². The van der Waals surface area contributed by atoms with Gasteiger partial charge in [-0.1, -0.05) is 0 Å². The Morgan fingerprint density at radius 3 is 1.89 bits per heavy atom. The molecule has 37 heavy (non-hydrogen) atoms. The van der Waals surface area contributed by atoms with Crippen LogP contribution in [0.4, 0.5) is 0 Å². The second-order valence-corrected chi connectivity index (χ2v) is 43.7. The minimum Gasteiger partial charge on any atom is -0.147 e. The van der Waals surface area contributed by atoms with Crippen LogP contribution >= 0.6 is 24.8 Å². The zero-order valence-corrected chi connectivity index (χ0v) is 29.1. The fourth-order valence-electron chi connectivity index (χ4n) is 7.35. The zero-order valence-electron chi connectivity index (χ0n) is 23.6. The molecule has 0 bridgehead atoms. The van der Waals surface area contributed by atoms with Gasteiger partial charge in [0.05, 0.1) is 0 Å². The van der Waals surface area contributed by atoms with Crippen LogP contribution in [0, 0.1) is 0 Å². The maximum atomic E-state index is 2.73. The number of rotatable bonds is 3. The van der Waals surface area contributed by atoms with Gasteiger partial charge in [-0.2, -0.15) is 0 Å². The van der Waals surface area contributed by atoms with Crippen LogP contribution in [0.1, 0.15) is 76.6 Å². The van der Waals surface area contributed by atoms with E-state index in [4.69, 9.17) is 0 Å². The number of allylic oxidation sites excluding steroid dienone is 3. The van der Waals surface area contributed by atoms with Crippen LogP contribution in [0.5, 0.6) is 0 Å². The van der Waals surface area contributed by atoms with Crippen LogP contribution in [0.3, 0.4) is 0 Å². The average molecular weight is 629 g/mol. The number of hydrogen-bond donors (Lipinski definition) is 0. The van der Waals surface area contributed by atoms with E-state index in [1.54, 1.807) is 22.3 Å². The van der Waals surface area contributed by atoms with Crippen molar-refractivity contribution in [1.82, 2.24) is 0 Å². The zero-order chi connectivity index (χ0) is 25.4. The molecule has 5 rings (SSSR count). The Kier molecular flexibility index (Phi) is 8.28. The first-order chi connectivity index (χ1) is 16.3. The van der Waals surface area contributed by atoms with Crippen molar-refractivity contribution in [2.45, 2.75) is 63.5 Å². The number of hydrogen-bond acceptors (Lipinski definition) is 0. The second-order valence-electron chi connectivity index (χ2n) is 13.2. The molecule has 3 aromatic carbocycles. The van der Waals surface area contributed by atoms with E-state index in [0.717, 1.165) is 0 Å². The Balaban J connectivity index is 0.00000190. The van der Waals surface area contributed by atoms with E-state index in [1.165, 1.54) is 33.4 Å². The van der Waals surface area contributed by atoms with Gasteiger partial charge >= 0.3 is 216 Å². The molecule has 0 aliphatic heterocycles. The summed E-state index contributed by atoms with van der Waals surface area (Å²) in [7, 11) is 0. The quantitative estimate of drug-likeness (QED) is 0.253. The normalized spacial score (nSPS) is 19.0. The van der Waals surface area contributed by atoms with E-state index in [-0.39, 0.29) is 30.2 Å². The van der Waals surface area contributed by atoms with Gasteiger partial charge in [0.25, 0.3) is 0 Å². The number of benzene rings is 3. The van der Waals surface area contributed by atoms with Crippen molar-refractivity contribution in [2.24, 2.45) is 0 Å². The van der Waals surface area contributed by atoms with Gasteiger partial charge in [-0.05, 0) is 0 Å². The Morgan fingerprint density at radius 1 is 0.703 bits per heavy atom. The monoisotopic (exact) mass is 626 g/mol. The first-order valence-corrected chi connectivity index (χ1v) is 26.7. The minimum atomic E-state index is -3.41. The fourth-order valence-corrected chi connectivity index (χ4v) is 28.7. The van der Waals surface area contributed by atoms with Crippen molar-refractivity contribution in [2.75, 3.05) is 0 Å². The van der Waals surface area contributed by atoms with Gasteiger partial charge in [0.15, 0.2) is 0 Å². The molecule has 0 N–H and O–H groups in total. The summed E-state index contributed by atoms with van der Waals surface area (Å²) in [5, 5.41) is 0. The summed E-state index contributed by atoms with van der Waals surface area (Å²) in [5.41, 5.74) is 15.1. The van der Waals surface area contributed by atoms with E-state index < -0.39 is 17.4 Å². The standard InChI is InChI=1S/C20H21.C11H11.2CH3.2ClH.H2Si.Zr/c1-14-12-16-6-5-7-18(19(16)13-14)15-8-10-17(11-9-15)20(2,3)4;1-8-7-10-5-3-4-6-11(10)9(8)2;;;;;;/h5-13H,1-4H3;3-7H,1-2H3;2*1H3;2*1H;1H2;. The molecule has 196 valence electrons. The van der Waals surface area contributed by atoms with Crippen LogP contribution in [0.15, 0.2) is 77.9 Å². The molecular weight excluding hydrogens is 587 g/mol. The number of fused-ring (bicyclic) bond motifs is 2. The van der Waals surface area contributed by atoms with E-state index in [9.17, 15) is 0 Å². The van der Waals surface area contributed by atoms with E-state index in [2.05, 4.69) is 130 Å². The molecule has 2 atom stereocenters. The SMILES string of the molecule is CC1=Cc2c(-c3ccc(C(C)(C)C)cc3)cccc2[CH]1[Zr]([CH3])([CH3])(=[SiH2])[CH]1C(C)=C(C)c2ccccc21.Cl.Cl. The first-order valence-electron chi connectivity index (χ1n) is 13.1. The van der Waals surface area contributed by atoms with Crippen LogP contribution in [-0.4, -0.2) is 6.88 Å². The molecule has 2 unspecified atom stereocenters. The fraction of sp³-hybridized carbons (Fsp3) is 0.333. The van der Waals surface area contributed by atoms with Crippen molar-refractivity contribution in [3.8, 4) is 11.1 Å². The molecule has 4 heteroatoms. The molecule has 0 aromatic heterocycles. The maximum absolute atomic E-state index is 3.41. The van der Waals surface area contributed by atoms with Crippen molar-refractivity contribution in [3.05, 3.63) is 106 Å². The Morgan fingerprint density at radius 2 is 1.27 bits per heavy atom. The largest absolute Gasteiger partial charge is 0.147 e. The molecule has 0 amide bonds. The first kappa shape index (κ1) is 30.4. The van der Waals surface area contributed by atoms with Crippen molar-refractivity contribution in [3.63, 3.8) is 0 Å². The molecule has 0 heterocycles. The third-order valence-corrected chi connectivity index (χ3v) is 26.8. The molecule has 0 nitrogen and oxygen atoms in total. The van der Waals surface area contributed by atoms with Crippen LogP contribution < -0.4 is 0 Å². The summed E-state index contributed by atoms with van der Waals surface area (Å²) in [6.07, 6.45) is 2.52. The predicted molar refractivity (Wildman–Crippen MR) is 169 cm³/mol. The van der Waals surface area contributed by atoms with Gasteiger partial charge in [-0.15, -0.1) is 24.8 Å². The molecule has 0 radical (unpaired) electrons. The molecule has 3 aromatic rings. The minimum absolute atomic E-state index is 0. The maximum Gasteiger partial charge on any atom is -0.147 e. The van der Waals surface area contributed by atoms with Crippen LogP contribution in [-0.2, 0) is 22.8 Å². The van der Waals surface area contributed by atoms with Gasteiger partial charge in [-0.3, -0.25) is 0 Å². The van der Waals surface area contributed by atoms with Crippen molar-refractivity contribution >= 4 is 43.3 Å². The summed E-state index contributed by atoms with van der Waals surface area (Å²) in [5.74, 6) is 0. The van der Waals surface area contributed by atoms with Gasteiger partial charge in [0.2, 0.25) is 0 Å². The second kappa shape index (κ2) is 10.1. The third-order valence-electron chi connectivity index (χ3n) is 8.94. The third kappa shape index (κ3) is 4.86. The summed E-state index contributed by atoms with van der Waals surface area (Å²) in [4.78, 5) is 0.